The zero-order valence-corrected chi connectivity index (χ0v) is 14.5. The summed E-state index contributed by atoms with van der Waals surface area (Å²) in [4.78, 5) is 13.2. The predicted molar refractivity (Wildman–Crippen MR) is 53.7 cm³/mol. The van der Waals surface area contributed by atoms with E-state index in [0.29, 0.717) is 0 Å². The SMILES string of the molecule is C[CH-]C1=C(C)N2C(=O)[C@@H](N)[C@H]2SC1.[Rb+]. The summed E-state index contributed by atoms with van der Waals surface area (Å²) >= 11 is 1.75. The molecule has 2 atom stereocenters. The number of nitrogens with zero attached hydrogens (tertiary/aromatic N) is 1. The fraction of sp³-hybridized carbons (Fsp3) is 0.556. The minimum absolute atomic E-state index is 0. The molecule has 1 saturated heterocycles. The fourth-order valence-electron chi connectivity index (χ4n) is 1.75. The first-order valence-corrected chi connectivity index (χ1v) is 5.41. The summed E-state index contributed by atoms with van der Waals surface area (Å²) in [5.41, 5.74) is 8.01. The van der Waals surface area contributed by atoms with Gasteiger partial charge in [-0.05, 0) is 5.75 Å². The van der Waals surface area contributed by atoms with E-state index in [1.165, 1.54) is 5.57 Å². The van der Waals surface area contributed by atoms with Gasteiger partial charge in [0.05, 0.1) is 5.37 Å². The maximum Gasteiger partial charge on any atom is 1.00 e. The number of amides is 1. The Morgan fingerprint density at radius 2 is 2.29 bits per heavy atom. The van der Waals surface area contributed by atoms with Crippen LogP contribution in [0.1, 0.15) is 13.8 Å². The van der Waals surface area contributed by atoms with Crippen molar-refractivity contribution in [1.29, 1.82) is 0 Å². The molecule has 0 spiro atoms. The number of hydrogen-bond donors (Lipinski definition) is 1. The number of β-lactam (4-membered cyclic amide) rings is 1. The van der Waals surface area contributed by atoms with E-state index in [1.54, 1.807) is 11.8 Å². The first-order valence-electron chi connectivity index (χ1n) is 4.36. The Balaban J connectivity index is 0.000000980. The van der Waals surface area contributed by atoms with Crippen molar-refractivity contribution in [1.82, 2.24) is 4.90 Å². The van der Waals surface area contributed by atoms with Crippen LogP contribution in [0, 0.1) is 6.42 Å². The Hall–Kier alpha value is 1.20. The maximum atomic E-state index is 11.4. The third-order valence-corrected chi connectivity index (χ3v) is 3.99. The molecule has 14 heavy (non-hydrogen) atoms. The summed E-state index contributed by atoms with van der Waals surface area (Å²) in [6.45, 7) is 4.00. The van der Waals surface area contributed by atoms with Gasteiger partial charge in [-0.3, -0.25) is 4.79 Å². The minimum Gasteiger partial charge on any atom is -0.380 e. The molecule has 3 nitrogen and oxygen atoms in total. The van der Waals surface area contributed by atoms with Gasteiger partial charge in [-0.15, -0.1) is 24.4 Å². The van der Waals surface area contributed by atoms with Crippen LogP contribution in [0.2, 0.25) is 0 Å². The second-order valence-electron chi connectivity index (χ2n) is 3.33. The Labute approximate surface area is 138 Å². The van der Waals surface area contributed by atoms with Crippen molar-refractivity contribution in [2.75, 3.05) is 5.75 Å². The standard InChI is InChI=1S/C9H13N2OS.Rb/c1-3-6-4-13-9-7(10)8(12)11(9)5(6)2;/h3,7,9H,4,10H2,1-2H3;/q-1;+1/t7-,9-;/m1./s1. The summed E-state index contributed by atoms with van der Waals surface area (Å²) in [6, 6.07) is -0.279. The normalized spacial score (nSPS) is 30.5. The molecular formula is C9H13N2ORbS. The summed E-state index contributed by atoms with van der Waals surface area (Å²) in [7, 11) is 0. The van der Waals surface area contributed by atoms with Gasteiger partial charge in [0.15, 0.2) is 0 Å². The van der Waals surface area contributed by atoms with Gasteiger partial charge in [0.2, 0.25) is 5.91 Å². The number of thioether (sulfide) groups is 1. The zero-order chi connectivity index (χ0) is 9.59. The second kappa shape index (κ2) is 5.02. The van der Waals surface area contributed by atoms with Crippen molar-refractivity contribution in [2.45, 2.75) is 25.3 Å². The molecule has 2 aliphatic heterocycles. The van der Waals surface area contributed by atoms with Gasteiger partial charge in [0, 0.05) is 0 Å². The molecule has 2 rings (SSSR count). The molecule has 0 aromatic carbocycles. The zero-order valence-electron chi connectivity index (χ0n) is 8.78. The van der Waals surface area contributed by atoms with Crippen molar-refractivity contribution in [3.63, 3.8) is 0 Å². The molecule has 0 bridgehead atoms. The molecule has 0 radical (unpaired) electrons. The molecule has 5 heteroatoms. The molecule has 2 aliphatic rings. The minimum atomic E-state index is -0.279. The summed E-state index contributed by atoms with van der Waals surface area (Å²) in [5.74, 6) is 1.04. The molecule has 0 aromatic heterocycles. The van der Waals surface area contributed by atoms with Gasteiger partial charge in [-0.2, -0.15) is 5.57 Å². The van der Waals surface area contributed by atoms with Crippen LogP contribution in [0.15, 0.2) is 11.3 Å². The molecule has 72 valence electrons. The molecule has 1 amide bonds. The van der Waals surface area contributed by atoms with E-state index < -0.39 is 0 Å². The maximum absolute atomic E-state index is 11.4. The smallest absolute Gasteiger partial charge is 0.380 e. The molecular weight excluding hydrogens is 270 g/mol. The first-order chi connectivity index (χ1) is 6.16. The van der Waals surface area contributed by atoms with Crippen molar-refractivity contribution in [3.8, 4) is 0 Å². The monoisotopic (exact) mass is 282 g/mol. The molecule has 0 unspecified atom stereocenters. The number of allylic oxidation sites excluding steroid dienone is 1. The van der Waals surface area contributed by atoms with Crippen LogP contribution in [0.4, 0.5) is 0 Å². The molecule has 0 aromatic rings. The van der Waals surface area contributed by atoms with E-state index in [4.69, 9.17) is 5.73 Å². The summed E-state index contributed by atoms with van der Waals surface area (Å²) < 4.78 is 0. The number of fused-ring (bicyclic) bond motifs is 1. The first kappa shape index (κ1) is 13.3. The van der Waals surface area contributed by atoms with Crippen LogP contribution in [-0.2, 0) is 4.79 Å². The van der Waals surface area contributed by atoms with Crippen molar-refractivity contribution < 1.29 is 63.0 Å². The van der Waals surface area contributed by atoms with Crippen molar-refractivity contribution in [3.05, 3.63) is 17.7 Å². The van der Waals surface area contributed by atoms with Crippen LogP contribution in [0.5, 0.6) is 0 Å². The summed E-state index contributed by atoms with van der Waals surface area (Å²) in [6.07, 6.45) is 2.07. The van der Waals surface area contributed by atoms with Gasteiger partial charge >= 0.3 is 58.2 Å². The van der Waals surface area contributed by atoms with Crippen LogP contribution in [0.3, 0.4) is 0 Å². The molecule has 0 saturated carbocycles. The number of carbonyl (C=O) groups is 1. The average molecular weight is 283 g/mol. The Morgan fingerprint density at radius 3 is 2.86 bits per heavy atom. The third-order valence-electron chi connectivity index (χ3n) is 2.67. The quantitative estimate of drug-likeness (QED) is 0.436. The van der Waals surface area contributed by atoms with Gasteiger partial charge in [0.25, 0.3) is 0 Å². The molecule has 2 N–H and O–H groups in total. The predicted octanol–water partition coefficient (Wildman–Crippen LogP) is -2.27. The topological polar surface area (TPSA) is 46.3 Å². The Kier molecular flexibility index (Phi) is 4.75. The van der Waals surface area contributed by atoms with E-state index in [9.17, 15) is 4.79 Å². The van der Waals surface area contributed by atoms with Gasteiger partial charge < -0.3 is 10.6 Å². The number of carbonyl (C=O) groups excluding carboxylic acids is 1. The van der Waals surface area contributed by atoms with Gasteiger partial charge in [0.1, 0.15) is 6.04 Å². The van der Waals surface area contributed by atoms with E-state index in [1.807, 2.05) is 18.7 Å². The molecule has 0 aliphatic carbocycles. The van der Waals surface area contributed by atoms with Crippen LogP contribution < -0.4 is 63.9 Å². The van der Waals surface area contributed by atoms with Crippen molar-refractivity contribution in [2.24, 2.45) is 5.73 Å². The van der Waals surface area contributed by atoms with Gasteiger partial charge in [-0.1, -0.05) is 6.92 Å². The van der Waals surface area contributed by atoms with Crippen LogP contribution in [-0.4, -0.2) is 28.0 Å². The van der Waals surface area contributed by atoms with E-state index in [-0.39, 0.29) is 75.5 Å². The Morgan fingerprint density at radius 1 is 1.64 bits per heavy atom. The number of nitrogens with two attached hydrogens (primary N) is 1. The Bertz CT molecular complexity index is 293. The van der Waals surface area contributed by atoms with Crippen molar-refractivity contribution >= 4 is 17.7 Å². The fourth-order valence-corrected chi connectivity index (χ4v) is 3.21. The molecule has 2 heterocycles. The van der Waals surface area contributed by atoms with E-state index >= 15 is 0 Å². The van der Waals surface area contributed by atoms with Crippen LogP contribution in [0.25, 0.3) is 0 Å². The van der Waals surface area contributed by atoms with Crippen LogP contribution >= 0.6 is 11.8 Å². The molecule has 1 fully saturated rings. The number of hydrogen-bond acceptors (Lipinski definition) is 3. The largest absolute Gasteiger partial charge is 1.00 e. The third kappa shape index (κ3) is 1.89. The second-order valence-corrected chi connectivity index (χ2v) is 4.44. The average Bonchev–Trinajstić information content (AvgIpc) is 2.16. The summed E-state index contributed by atoms with van der Waals surface area (Å²) in [5, 5.41) is 0.191. The van der Waals surface area contributed by atoms with E-state index in [0.717, 1.165) is 11.4 Å². The van der Waals surface area contributed by atoms with Gasteiger partial charge in [-0.25, -0.2) is 6.42 Å². The number of rotatable bonds is 1. The van der Waals surface area contributed by atoms with E-state index in [2.05, 4.69) is 6.42 Å².